The molecule has 0 amide bonds. The van der Waals surface area contributed by atoms with E-state index in [1.807, 2.05) is 0 Å². The summed E-state index contributed by atoms with van der Waals surface area (Å²) in [5.74, 6) is 0. The molecule has 0 bridgehead atoms. The molecule has 0 aromatic carbocycles. The molecule has 0 aliphatic heterocycles. The van der Waals surface area contributed by atoms with Crippen molar-refractivity contribution in [3.8, 4) is 0 Å². The summed E-state index contributed by atoms with van der Waals surface area (Å²) in [6, 6.07) is 1.57. The number of hydrogen-bond donors (Lipinski definition) is 2. The van der Waals surface area contributed by atoms with Gasteiger partial charge in [0.05, 0.1) is 16.2 Å². The summed E-state index contributed by atoms with van der Waals surface area (Å²) in [6.45, 7) is 6.65. The van der Waals surface area contributed by atoms with Crippen LogP contribution in [0.25, 0.3) is 0 Å². The first-order chi connectivity index (χ1) is 7.63. The molecule has 1 aromatic heterocycles. The van der Waals surface area contributed by atoms with Gasteiger partial charge in [-0.25, -0.2) is 0 Å². The number of nitrogens with zero attached hydrogens (tertiary/aromatic N) is 1. The monoisotopic (exact) mass is 257 g/mol. The van der Waals surface area contributed by atoms with Crippen LogP contribution in [0.15, 0.2) is 18.5 Å². The van der Waals surface area contributed by atoms with Gasteiger partial charge in [0.15, 0.2) is 0 Å². The van der Waals surface area contributed by atoms with E-state index in [0.717, 1.165) is 0 Å². The average Bonchev–Trinajstić information content (AvgIpc) is 2.15. The lowest BCUT2D eigenvalue weighted by atomic mass is 9.77. The molecule has 0 saturated carbocycles. The Hall–Kier alpha value is -0.615. The third kappa shape index (κ3) is 3.68. The van der Waals surface area contributed by atoms with Gasteiger partial charge in [-0.1, -0.05) is 11.6 Å². The highest BCUT2D eigenvalue weighted by Crippen LogP contribution is 2.25. The highest BCUT2D eigenvalue weighted by Gasteiger charge is 2.39. The Morgan fingerprint density at radius 2 is 1.88 bits per heavy atom. The van der Waals surface area contributed by atoms with Crippen LogP contribution in [0, 0.1) is 0 Å². The molecule has 17 heavy (non-hydrogen) atoms. The summed E-state index contributed by atoms with van der Waals surface area (Å²) in [6.07, 6.45) is 2.94. The van der Waals surface area contributed by atoms with E-state index in [0.29, 0.717) is 10.5 Å². The van der Waals surface area contributed by atoms with Gasteiger partial charge in [0.1, 0.15) is 0 Å². The van der Waals surface area contributed by atoms with E-state index in [1.54, 1.807) is 33.8 Å². The van der Waals surface area contributed by atoms with Crippen molar-refractivity contribution in [1.82, 2.24) is 4.98 Å². The summed E-state index contributed by atoms with van der Waals surface area (Å²) in [4.78, 5) is 3.86. The van der Waals surface area contributed by atoms with Gasteiger partial charge in [-0.2, -0.15) is 0 Å². The lowest BCUT2D eigenvalue weighted by molar-refractivity contribution is -0.0982. The van der Waals surface area contributed by atoms with E-state index in [2.05, 4.69) is 4.98 Å². The van der Waals surface area contributed by atoms with E-state index in [4.69, 9.17) is 16.3 Å². The van der Waals surface area contributed by atoms with Crippen LogP contribution in [-0.2, 0) is 4.65 Å². The van der Waals surface area contributed by atoms with Gasteiger partial charge in [0.25, 0.3) is 0 Å². The van der Waals surface area contributed by atoms with Gasteiger partial charge in [0.2, 0.25) is 0 Å². The van der Waals surface area contributed by atoms with Gasteiger partial charge in [-0.3, -0.25) is 4.98 Å². The minimum Gasteiger partial charge on any atom is -0.423 e. The Balaban J connectivity index is 2.83. The van der Waals surface area contributed by atoms with Gasteiger partial charge >= 0.3 is 7.12 Å². The molecule has 1 aromatic rings. The molecule has 2 N–H and O–H groups in total. The van der Waals surface area contributed by atoms with Crippen molar-refractivity contribution in [3.63, 3.8) is 0 Å². The predicted octanol–water partition coefficient (Wildman–Crippen LogP) is 0.989. The van der Waals surface area contributed by atoms with E-state index in [9.17, 15) is 10.1 Å². The molecule has 1 rings (SSSR count). The molecule has 4 nitrogen and oxygen atoms in total. The van der Waals surface area contributed by atoms with E-state index >= 15 is 0 Å². The normalized spacial score (nSPS) is 12.6. The summed E-state index contributed by atoms with van der Waals surface area (Å²) < 4.78 is 5.45. The molecular weight excluding hydrogens is 240 g/mol. The van der Waals surface area contributed by atoms with Crippen LogP contribution in [0.3, 0.4) is 0 Å². The zero-order chi connectivity index (χ0) is 13.3. The molecule has 0 fully saturated rings. The lowest BCUT2D eigenvalue weighted by Gasteiger charge is -2.38. The lowest BCUT2D eigenvalue weighted by Crippen LogP contribution is -2.53. The maximum atomic E-state index is 9.92. The SMILES string of the molecule is CC(C)(O)C(C)(C)OB(O)c1cncc(Cl)c1. The van der Waals surface area contributed by atoms with Gasteiger partial charge in [-0.05, 0) is 33.8 Å². The summed E-state index contributed by atoms with van der Waals surface area (Å²) in [5, 5.41) is 20.3. The van der Waals surface area contributed by atoms with Crippen molar-refractivity contribution in [2.75, 3.05) is 0 Å². The first kappa shape index (κ1) is 14.4. The Morgan fingerprint density at radius 1 is 1.29 bits per heavy atom. The second kappa shape index (κ2) is 4.94. The van der Waals surface area contributed by atoms with Crippen molar-refractivity contribution in [2.24, 2.45) is 0 Å². The quantitative estimate of drug-likeness (QED) is 0.790. The van der Waals surface area contributed by atoms with Gasteiger partial charge < -0.3 is 14.8 Å². The summed E-state index contributed by atoms with van der Waals surface area (Å²) in [5.41, 5.74) is -1.54. The molecule has 6 heteroatoms. The third-order valence-corrected chi connectivity index (χ3v) is 3.10. The molecule has 0 aliphatic rings. The van der Waals surface area contributed by atoms with Crippen molar-refractivity contribution in [3.05, 3.63) is 23.5 Å². The summed E-state index contributed by atoms with van der Waals surface area (Å²) >= 11 is 5.77. The van der Waals surface area contributed by atoms with E-state index in [1.165, 1.54) is 12.4 Å². The summed E-state index contributed by atoms with van der Waals surface area (Å²) in [7, 11) is -1.18. The Bertz CT molecular complexity index is 393. The minimum absolute atomic E-state index is 0.422. The molecule has 1 heterocycles. The van der Waals surface area contributed by atoms with Crippen LogP contribution in [0.4, 0.5) is 0 Å². The Kier molecular flexibility index (Phi) is 4.20. The van der Waals surface area contributed by atoms with E-state index in [-0.39, 0.29) is 0 Å². The molecule has 0 aliphatic carbocycles. The first-order valence-corrected chi connectivity index (χ1v) is 5.70. The molecule has 94 valence electrons. The minimum atomic E-state index is -1.18. The molecule has 0 atom stereocenters. The number of pyridine rings is 1. The highest BCUT2D eigenvalue weighted by molar-refractivity contribution is 6.60. The Morgan fingerprint density at radius 3 is 2.35 bits per heavy atom. The second-order valence-electron chi connectivity index (χ2n) is 4.98. The fraction of sp³-hybridized carbons (Fsp3) is 0.545. The van der Waals surface area contributed by atoms with Crippen LogP contribution in [0.5, 0.6) is 0 Å². The Labute approximate surface area is 107 Å². The highest BCUT2D eigenvalue weighted by atomic mass is 35.5. The van der Waals surface area contributed by atoms with Gasteiger partial charge in [-0.15, -0.1) is 0 Å². The van der Waals surface area contributed by atoms with Crippen molar-refractivity contribution < 1.29 is 14.8 Å². The molecule has 0 saturated heterocycles. The average molecular weight is 258 g/mol. The second-order valence-corrected chi connectivity index (χ2v) is 5.41. The standard InChI is InChI=1S/C11H17BClNO3/c1-10(2,15)11(3,4)17-12(16)8-5-9(13)7-14-6-8/h5-7,15-16H,1-4H3. The zero-order valence-corrected chi connectivity index (χ0v) is 11.2. The molecule has 0 spiro atoms. The van der Waals surface area contributed by atoms with Crippen LogP contribution < -0.4 is 5.46 Å². The van der Waals surface area contributed by atoms with Crippen LogP contribution in [0.1, 0.15) is 27.7 Å². The van der Waals surface area contributed by atoms with E-state index < -0.39 is 18.3 Å². The number of aromatic nitrogens is 1. The van der Waals surface area contributed by atoms with Crippen molar-refractivity contribution in [1.29, 1.82) is 0 Å². The molecule has 0 radical (unpaired) electrons. The first-order valence-electron chi connectivity index (χ1n) is 5.32. The smallest absolute Gasteiger partial charge is 0.423 e. The number of halogens is 1. The van der Waals surface area contributed by atoms with Gasteiger partial charge in [0, 0.05) is 17.9 Å². The fourth-order valence-corrected chi connectivity index (χ4v) is 1.24. The van der Waals surface area contributed by atoms with Crippen LogP contribution >= 0.6 is 11.6 Å². The molecule has 0 unspecified atom stereocenters. The van der Waals surface area contributed by atoms with Crippen molar-refractivity contribution >= 4 is 24.2 Å². The topological polar surface area (TPSA) is 62.6 Å². The fourth-order valence-electron chi connectivity index (χ4n) is 1.05. The van der Waals surface area contributed by atoms with Crippen LogP contribution in [-0.4, -0.2) is 33.4 Å². The number of rotatable bonds is 4. The number of aliphatic hydroxyl groups is 1. The van der Waals surface area contributed by atoms with Crippen LogP contribution in [0.2, 0.25) is 5.02 Å². The number of hydrogen-bond acceptors (Lipinski definition) is 4. The molecular formula is C11H17BClNO3. The zero-order valence-electron chi connectivity index (χ0n) is 10.4. The maximum absolute atomic E-state index is 9.92. The van der Waals surface area contributed by atoms with Crippen molar-refractivity contribution in [2.45, 2.75) is 38.9 Å². The predicted molar refractivity (Wildman–Crippen MR) is 68.3 cm³/mol. The third-order valence-electron chi connectivity index (χ3n) is 2.89. The maximum Gasteiger partial charge on any atom is 0.493 e. The largest absolute Gasteiger partial charge is 0.493 e.